The van der Waals surface area contributed by atoms with Gasteiger partial charge in [0.05, 0.1) is 52.0 Å². The Hall–Kier alpha value is -5.92. The summed E-state index contributed by atoms with van der Waals surface area (Å²) in [5, 5.41) is 32.6. The third kappa shape index (κ3) is 4.47. The summed E-state index contributed by atoms with van der Waals surface area (Å²) in [5.41, 5.74) is 1.19. The number of amides is 4. The zero-order valence-electron chi connectivity index (χ0n) is 24.7. The molecular formula is C33H26N4O10. The van der Waals surface area contributed by atoms with Gasteiger partial charge in [0.2, 0.25) is 23.6 Å². The third-order valence-corrected chi connectivity index (χ3v) is 9.84. The topological polar surface area (TPSA) is 190 Å². The second-order valence-corrected chi connectivity index (χ2v) is 12.0. The molecule has 238 valence electrons. The first-order chi connectivity index (χ1) is 22.5. The average Bonchev–Trinajstić information content (AvgIpc) is 3.47. The minimum Gasteiger partial charge on any atom is -0.508 e. The third-order valence-electron chi connectivity index (χ3n) is 9.84. The summed E-state index contributed by atoms with van der Waals surface area (Å²) in [7, 11) is 1.41. The normalized spacial score (nSPS) is 26.4. The fourth-order valence-corrected chi connectivity index (χ4v) is 7.85. The highest BCUT2D eigenvalue weighted by atomic mass is 16.6. The van der Waals surface area contributed by atoms with Gasteiger partial charge in [-0.3, -0.25) is 49.2 Å². The van der Waals surface area contributed by atoms with Crippen molar-refractivity contribution >= 4 is 46.4 Å². The van der Waals surface area contributed by atoms with Gasteiger partial charge in [-0.15, -0.1) is 0 Å². The van der Waals surface area contributed by atoms with Crippen molar-refractivity contribution in [1.82, 2.24) is 0 Å². The van der Waals surface area contributed by atoms with Crippen molar-refractivity contribution in [2.45, 2.75) is 18.8 Å². The highest BCUT2D eigenvalue weighted by molar-refractivity contribution is 6.24. The molecule has 3 aromatic carbocycles. The molecule has 2 saturated heterocycles. The molecule has 14 nitrogen and oxygen atoms in total. The second-order valence-electron chi connectivity index (χ2n) is 12.0. The van der Waals surface area contributed by atoms with Crippen molar-refractivity contribution in [3.05, 3.63) is 104 Å². The van der Waals surface area contributed by atoms with E-state index < -0.39 is 69.0 Å². The molecule has 6 atom stereocenters. The van der Waals surface area contributed by atoms with Gasteiger partial charge in [0.25, 0.3) is 11.4 Å². The maximum Gasteiger partial charge on any atom is 0.269 e. The number of anilines is 2. The molecule has 4 amide bonds. The number of phenolic OH excluding ortho intramolecular Hbond substituents is 1. The minimum absolute atomic E-state index is 0.0798. The van der Waals surface area contributed by atoms with Crippen LogP contribution in [0.4, 0.5) is 22.7 Å². The number of allylic oxidation sites excluding steroid dienone is 2. The number of fused-ring (bicyclic) bond motifs is 4. The van der Waals surface area contributed by atoms with Crippen LogP contribution in [-0.2, 0) is 19.2 Å². The molecule has 0 spiro atoms. The molecule has 47 heavy (non-hydrogen) atoms. The number of non-ortho nitro benzene ring substituents is 2. The van der Waals surface area contributed by atoms with E-state index >= 15 is 0 Å². The molecule has 0 radical (unpaired) electrons. The molecule has 2 heterocycles. The number of hydrogen-bond acceptors (Lipinski definition) is 10. The van der Waals surface area contributed by atoms with Gasteiger partial charge in [-0.1, -0.05) is 17.7 Å². The van der Waals surface area contributed by atoms with Crippen LogP contribution in [0.15, 0.2) is 78.4 Å². The lowest BCUT2D eigenvalue weighted by molar-refractivity contribution is -0.385. The van der Waals surface area contributed by atoms with E-state index in [1.165, 1.54) is 67.8 Å². The summed E-state index contributed by atoms with van der Waals surface area (Å²) in [6, 6.07) is 14.7. The molecule has 3 fully saturated rings. The molecule has 1 N–H and O–H groups in total. The number of carbonyl (C=O) groups excluding carboxylic acids is 4. The van der Waals surface area contributed by atoms with Gasteiger partial charge >= 0.3 is 0 Å². The van der Waals surface area contributed by atoms with Crippen molar-refractivity contribution in [3.63, 3.8) is 0 Å². The zero-order valence-corrected chi connectivity index (χ0v) is 24.7. The number of methoxy groups -OCH3 is 1. The number of phenols is 1. The van der Waals surface area contributed by atoms with Gasteiger partial charge in [-0.05, 0) is 49.1 Å². The predicted molar refractivity (Wildman–Crippen MR) is 163 cm³/mol. The Morgan fingerprint density at radius 1 is 0.723 bits per heavy atom. The van der Waals surface area contributed by atoms with E-state index in [0.29, 0.717) is 11.1 Å². The molecule has 3 aromatic rings. The number of aromatic hydroxyl groups is 1. The number of ether oxygens (including phenoxy) is 1. The molecule has 0 unspecified atom stereocenters. The molecule has 14 heteroatoms. The Morgan fingerprint density at radius 2 is 1.26 bits per heavy atom. The summed E-state index contributed by atoms with van der Waals surface area (Å²) >= 11 is 0. The molecule has 4 aliphatic rings. The summed E-state index contributed by atoms with van der Waals surface area (Å²) in [5.74, 6) is -6.61. The van der Waals surface area contributed by atoms with E-state index in [0.717, 1.165) is 9.80 Å². The van der Waals surface area contributed by atoms with E-state index in [1.807, 2.05) is 6.08 Å². The molecule has 2 aliphatic heterocycles. The number of benzene rings is 3. The van der Waals surface area contributed by atoms with Crippen molar-refractivity contribution in [2.24, 2.45) is 29.6 Å². The first kappa shape index (κ1) is 29.8. The van der Waals surface area contributed by atoms with Crippen LogP contribution in [0.1, 0.15) is 24.3 Å². The average molecular weight is 639 g/mol. The maximum atomic E-state index is 14.2. The lowest BCUT2D eigenvalue weighted by atomic mass is 9.57. The summed E-state index contributed by atoms with van der Waals surface area (Å²) in [4.78, 5) is 79.5. The summed E-state index contributed by atoms with van der Waals surface area (Å²) < 4.78 is 5.60. The van der Waals surface area contributed by atoms with E-state index in [4.69, 9.17) is 4.74 Å². The van der Waals surface area contributed by atoms with Gasteiger partial charge in [-0.2, -0.15) is 0 Å². The smallest absolute Gasteiger partial charge is 0.269 e. The molecule has 0 bridgehead atoms. The van der Waals surface area contributed by atoms with Crippen LogP contribution in [-0.4, -0.2) is 45.7 Å². The highest BCUT2D eigenvalue weighted by Crippen LogP contribution is 2.59. The lowest BCUT2D eigenvalue weighted by Gasteiger charge is -2.44. The van der Waals surface area contributed by atoms with Gasteiger partial charge in [0.15, 0.2) is 0 Å². The molecule has 2 aliphatic carbocycles. The highest BCUT2D eigenvalue weighted by Gasteiger charge is 2.62. The second kappa shape index (κ2) is 10.9. The fourth-order valence-electron chi connectivity index (χ4n) is 7.85. The quantitative estimate of drug-likeness (QED) is 0.177. The van der Waals surface area contributed by atoms with Crippen molar-refractivity contribution < 1.29 is 38.9 Å². The number of nitrogens with zero attached hydrogens (tertiary/aromatic N) is 4. The number of nitro groups is 2. The van der Waals surface area contributed by atoms with Crippen molar-refractivity contribution in [1.29, 1.82) is 0 Å². The Balaban J connectivity index is 1.32. The first-order valence-corrected chi connectivity index (χ1v) is 14.8. The van der Waals surface area contributed by atoms with Crippen LogP contribution in [0.2, 0.25) is 0 Å². The number of imide groups is 2. The number of carbonyl (C=O) groups is 4. The Morgan fingerprint density at radius 3 is 1.79 bits per heavy atom. The SMILES string of the molecule is COc1cc(O)ccc1[C@H]1C2=CC[C@@H]3C(=O)N(c4ccc([N+](=O)[O-])cc4)C(=O)[C@@H]3[C@@H]2C[C@H]2C(=O)N(c3ccc([N+](=O)[O-])cc3)C(=O)[C@@H]12. The Kier molecular flexibility index (Phi) is 6.88. The standard InChI is InChI=1S/C33H26N4O10/c1-47-26-14-20(38)10-11-22(26)27-21-12-13-23-28(32(41)34(30(23)39)16-2-6-18(7-3-16)36(43)44)24(21)15-25-29(27)33(42)35(31(25)40)17-4-8-19(9-5-17)37(45)46/h2-12,14,23-25,27-29,38H,13,15H2,1H3/t23-,24+,25+,27+,28-,29+/m0/s1. The predicted octanol–water partition coefficient (Wildman–Crippen LogP) is 4.26. The maximum absolute atomic E-state index is 14.2. The van der Waals surface area contributed by atoms with Crippen LogP contribution >= 0.6 is 0 Å². The number of rotatable bonds is 6. The van der Waals surface area contributed by atoms with Crippen LogP contribution in [0, 0.1) is 49.8 Å². The van der Waals surface area contributed by atoms with E-state index in [-0.39, 0.29) is 47.1 Å². The monoisotopic (exact) mass is 638 g/mol. The van der Waals surface area contributed by atoms with Crippen molar-refractivity contribution in [2.75, 3.05) is 16.9 Å². The van der Waals surface area contributed by atoms with Gasteiger partial charge < -0.3 is 9.84 Å². The van der Waals surface area contributed by atoms with Gasteiger partial charge in [0.1, 0.15) is 11.5 Å². The summed E-state index contributed by atoms with van der Waals surface area (Å²) in [6.45, 7) is 0. The van der Waals surface area contributed by atoms with Crippen molar-refractivity contribution in [3.8, 4) is 11.5 Å². The van der Waals surface area contributed by atoms with Crippen LogP contribution < -0.4 is 14.5 Å². The van der Waals surface area contributed by atoms with E-state index in [9.17, 15) is 44.5 Å². The van der Waals surface area contributed by atoms with Crippen LogP contribution in [0.25, 0.3) is 0 Å². The number of nitro benzene ring substituents is 2. The first-order valence-electron chi connectivity index (χ1n) is 14.8. The molecular weight excluding hydrogens is 612 g/mol. The Labute approximate surface area is 266 Å². The van der Waals surface area contributed by atoms with Gasteiger partial charge in [-0.25, -0.2) is 0 Å². The molecule has 7 rings (SSSR count). The van der Waals surface area contributed by atoms with E-state index in [1.54, 1.807) is 6.07 Å². The minimum atomic E-state index is -0.923. The number of hydrogen-bond donors (Lipinski definition) is 1. The molecule has 0 aromatic heterocycles. The summed E-state index contributed by atoms with van der Waals surface area (Å²) in [6.07, 6.45) is 2.14. The Bertz CT molecular complexity index is 1920. The zero-order chi connectivity index (χ0) is 33.3. The van der Waals surface area contributed by atoms with E-state index in [2.05, 4.69) is 0 Å². The lowest BCUT2D eigenvalue weighted by Crippen LogP contribution is -2.43. The van der Waals surface area contributed by atoms with Crippen LogP contribution in [0.3, 0.4) is 0 Å². The largest absolute Gasteiger partial charge is 0.508 e. The van der Waals surface area contributed by atoms with Crippen LogP contribution in [0.5, 0.6) is 11.5 Å². The fraction of sp³-hybridized carbons (Fsp3) is 0.273. The van der Waals surface area contributed by atoms with Gasteiger partial charge in [0, 0.05) is 41.8 Å². The molecule has 1 saturated carbocycles.